The van der Waals surface area contributed by atoms with Gasteiger partial charge in [-0.25, -0.2) is 9.78 Å². The van der Waals surface area contributed by atoms with E-state index in [-0.39, 0.29) is 5.69 Å². The molecule has 72 valence electrons. The molecule has 0 saturated carbocycles. The van der Waals surface area contributed by atoms with Gasteiger partial charge in [0.15, 0.2) is 16.5 Å². The topological polar surface area (TPSA) is 76.2 Å². The fraction of sp³-hybridized carbons (Fsp3) is 0. The van der Waals surface area contributed by atoms with Crippen molar-refractivity contribution in [1.82, 2.24) is 10.1 Å². The Bertz CT molecular complexity index is 479. The SMILES string of the molecule is O=C(O)c1cc(-c2ncc(Br)s2)on1. The highest BCUT2D eigenvalue weighted by Crippen LogP contribution is 2.28. The molecular formula is C7H3BrN2O3S. The zero-order chi connectivity index (χ0) is 10.1. The molecule has 0 spiro atoms. The standard InChI is InChI=1S/C7H3BrN2O3S/c8-5-2-9-6(14-5)4-1-3(7(11)12)10-13-4/h1-2H,(H,11,12). The van der Waals surface area contributed by atoms with Crippen LogP contribution >= 0.6 is 27.3 Å². The van der Waals surface area contributed by atoms with Gasteiger partial charge in [-0.05, 0) is 15.9 Å². The van der Waals surface area contributed by atoms with E-state index in [9.17, 15) is 4.79 Å². The maximum absolute atomic E-state index is 10.5. The molecule has 0 radical (unpaired) electrons. The number of aromatic carboxylic acids is 1. The lowest BCUT2D eigenvalue weighted by Gasteiger charge is -1.81. The van der Waals surface area contributed by atoms with Crippen LogP contribution in [0.5, 0.6) is 0 Å². The Morgan fingerprint density at radius 2 is 2.43 bits per heavy atom. The van der Waals surface area contributed by atoms with Crippen LogP contribution in [0.2, 0.25) is 0 Å². The molecule has 14 heavy (non-hydrogen) atoms. The van der Waals surface area contributed by atoms with Crippen molar-refractivity contribution in [3.8, 4) is 10.8 Å². The third-order valence-corrected chi connectivity index (χ3v) is 2.91. The van der Waals surface area contributed by atoms with Crippen molar-refractivity contribution in [3.05, 3.63) is 21.7 Å². The number of halogens is 1. The van der Waals surface area contributed by atoms with Gasteiger partial charge < -0.3 is 9.63 Å². The number of carbonyl (C=O) groups is 1. The van der Waals surface area contributed by atoms with Crippen LogP contribution in [0.25, 0.3) is 10.8 Å². The summed E-state index contributed by atoms with van der Waals surface area (Å²) in [5.74, 6) is -0.756. The molecule has 0 aliphatic carbocycles. The Kier molecular flexibility index (Phi) is 2.34. The van der Waals surface area contributed by atoms with Gasteiger partial charge in [-0.1, -0.05) is 5.16 Å². The molecule has 0 atom stereocenters. The lowest BCUT2D eigenvalue weighted by atomic mass is 10.4. The molecule has 2 aromatic heterocycles. The maximum atomic E-state index is 10.5. The number of rotatable bonds is 2. The molecule has 0 aromatic carbocycles. The fourth-order valence-electron chi connectivity index (χ4n) is 0.845. The summed E-state index contributed by atoms with van der Waals surface area (Å²) >= 11 is 4.59. The smallest absolute Gasteiger partial charge is 0.358 e. The number of hydrogen-bond donors (Lipinski definition) is 1. The van der Waals surface area contributed by atoms with E-state index >= 15 is 0 Å². The summed E-state index contributed by atoms with van der Waals surface area (Å²) < 4.78 is 5.67. The van der Waals surface area contributed by atoms with Crippen LogP contribution in [-0.4, -0.2) is 21.2 Å². The molecule has 2 heterocycles. The summed E-state index contributed by atoms with van der Waals surface area (Å²) in [6.45, 7) is 0. The fourth-order valence-corrected chi connectivity index (χ4v) is 2.00. The van der Waals surface area contributed by atoms with E-state index in [1.165, 1.54) is 17.4 Å². The third-order valence-electron chi connectivity index (χ3n) is 1.42. The van der Waals surface area contributed by atoms with Crippen molar-refractivity contribution in [2.24, 2.45) is 0 Å². The second-order valence-corrected chi connectivity index (χ2v) is 4.76. The van der Waals surface area contributed by atoms with Crippen LogP contribution in [0.3, 0.4) is 0 Å². The van der Waals surface area contributed by atoms with E-state index in [2.05, 4.69) is 26.1 Å². The predicted molar refractivity (Wildman–Crippen MR) is 52.3 cm³/mol. The molecular weight excluding hydrogens is 272 g/mol. The lowest BCUT2D eigenvalue weighted by molar-refractivity contribution is 0.0686. The van der Waals surface area contributed by atoms with Gasteiger partial charge in [-0.2, -0.15) is 0 Å². The second-order valence-electron chi connectivity index (χ2n) is 2.35. The van der Waals surface area contributed by atoms with Gasteiger partial charge in [0.05, 0.1) is 9.98 Å². The van der Waals surface area contributed by atoms with Crippen molar-refractivity contribution in [2.75, 3.05) is 0 Å². The van der Waals surface area contributed by atoms with Crippen LogP contribution in [0.1, 0.15) is 10.5 Å². The van der Waals surface area contributed by atoms with Crippen LogP contribution in [-0.2, 0) is 0 Å². The minimum absolute atomic E-state index is 0.119. The minimum Gasteiger partial charge on any atom is -0.476 e. The zero-order valence-corrected chi connectivity index (χ0v) is 9.00. The van der Waals surface area contributed by atoms with E-state index in [0.717, 1.165) is 3.79 Å². The van der Waals surface area contributed by atoms with E-state index < -0.39 is 5.97 Å². The number of hydrogen-bond acceptors (Lipinski definition) is 5. The first-order valence-electron chi connectivity index (χ1n) is 3.48. The van der Waals surface area contributed by atoms with Gasteiger partial charge >= 0.3 is 5.97 Å². The molecule has 0 aliphatic rings. The first-order chi connectivity index (χ1) is 6.66. The van der Waals surface area contributed by atoms with E-state index in [1.54, 1.807) is 6.20 Å². The van der Waals surface area contributed by atoms with Crippen molar-refractivity contribution in [3.63, 3.8) is 0 Å². The Morgan fingerprint density at radius 3 is 2.93 bits per heavy atom. The Balaban J connectivity index is 2.38. The third kappa shape index (κ3) is 1.68. The molecule has 7 heteroatoms. The normalized spacial score (nSPS) is 10.4. The Labute approximate surface area is 90.5 Å². The monoisotopic (exact) mass is 274 g/mol. The summed E-state index contributed by atoms with van der Waals surface area (Å²) in [4.78, 5) is 14.5. The number of nitrogens with zero attached hydrogens (tertiary/aromatic N) is 2. The van der Waals surface area contributed by atoms with E-state index in [0.29, 0.717) is 10.8 Å². The molecule has 0 bridgehead atoms. The highest BCUT2D eigenvalue weighted by Gasteiger charge is 2.14. The number of carboxylic acid groups (broad SMARTS) is 1. The van der Waals surface area contributed by atoms with Gasteiger partial charge in [-0.15, -0.1) is 11.3 Å². The van der Waals surface area contributed by atoms with Crippen LogP contribution < -0.4 is 0 Å². The molecule has 0 aliphatic heterocycles. The summed E-state index contributed by atoms with van der Waals surface area (Å²) in [6.07, 6.45) is 1.61. The van der Waals surface area contributed by atoms with Crippen LogP contribution in [0, 0.1) is 0 Å². The second kappa shape index (κ2) is 3.50. The summed E-state index contributed by atoms with van der Waals surface area (Å²) in [7, 11) is 0. The van der Waals surface area contributed by atoms with Crippen LogP contribution in [0.4, 0.5) is 0 Å². The first-order valence-corrected chi connectivity index (χ1v) is 5.09. The molecule has 0 fully saturated rings. The maximum Gasteiger partial charge on any atom is 0.358 e. The number of aromatic nitrogens is 2. The molecule has 1 N–H and O–H groups in total. The van der Waals surface area contributed by atoms with Gasteiger partial charge in [-0.3, -0.25) is 0 Å². The van der Waals surface area contributed by atoms with Crippen molar-refractivity contribution >= 4 is 33.2 Å². The van der Waals surface area contributed by atoms with E-state index in [1.807, 2.05) is 0 Å². The Morgan fingerprint density at radius 1 is 1.64 bits per heavy atom. The molecule has 5 nitrogen and oxygen atoms in total. The zero-order valence-electron chi connectivity index (χ0n) is 6.60. The quantitative estimate of drug-likeness (QED) is 0.909. The Hall–Kier alpha value is -1.21. The predicted octanol–water partition coefficient (Wildman–Crippen LogP) is 2.26. The average Bonchev–Trinajstić information content (AvgIpc) is 2.70. The number of carboxylic acids is 1. The molecule has 2 aromatic rings. The van der Waals surface area contributed by atoms with Gasteiger partial charge in [0.25, 0.3) is 0 Å². The molecule has 0 amide bonds. The number of thiazole rings is 1. The summed E-state index contributed by atoms with van der Waals surface area (Å²) in [5, 5.41) is 12.6. The average molecular weight is 275 g/mol. The van der Waals surface area contributed by atoms with Gasteiger partial charge in [0, 0.05) is 6.07 Å². The summed E-state index contributed by atoms with van der Waals surface area (Å²) in [5.41, 5.74) is -0.119. The molecule has 2 rings (SSSR count). The van der Waals surface area contributed by atoms with Gasteiger partial charge in [0.2, 0.25) is 0 Å². The molecule has 0 saturated heterocycles. The lowest BCUT2D eigenvalue weighted by Crippen LogP contribution is -1.94. The van der Waals surface area contributed by atoms with Crippen molar-refractivity contribution < 1.29 is 14.4 Å². The largest absolute Gasteiger partial charge is 0.476 e. The van der Waals surface area contributed by atoms with E-state index in [4.69, 9.17) is 9.63 Å². The first kappa shape index (κ1) is 9.35. The van der Waals surface area contributed by atoms with Crippen molar-refractivity contribution in [2.45, 2.75) is 0 Å². The molecule has 0 unspecified atom stereocenters. The minimum atomic E-state index is -1.12. The van der Waals surface area contributed by atoms with Crippen LogP contribution in [0.15, 0.2) is 20.6 Å². The summed E-state index contributed by atoms with van der Waals surface area (Å²) in [6, 6.07) is 1.34. The van der Waals surface area contributed by atoms with Gasteiger partial charge in [0.1, 0.15) is 0 Å². The van der Waals surface area contributed by atoms with Crippen molar-refractivity contribution in [1.29, 1.82) is 0 Å². The highest BCUT2D eigenvalue weighted by molar-refractivity contribution is 9.11. The highest BCUT2D eigenvalue weighted by atomic mass is 79.9.